The zero-order chi connectivity index (χ0) is 10.1. The Hall–Kier alpha value is -0.610. The fourth-order valence-corrected chi connectivity index (χ4v) is 2.25. The van der Waals surface area contributed by atoms with Crippen LogP contribution in [0.1, 0.15) is 24.4 Å². The number of nitrogens with one attached hydrogen (secondary N) is 1. The third kappa shape index (κ3) is 1.77. The molecule has 0 bridgehead atoms. The highest BCUT2D eigenvalue weighted by molar-refractivity contribution is 9.10. The summed E-state index contributed by atoms with van der Waals surface area (Å²) in [6.45, 7) is 0.929. The summed E-state index contributed by atoms with van der Waals surface area (Å²) in [5.74, 6) is -0.796. The second kappa shape index (κ2) is 3.87. The summed E-state index contributed by atoms with van der Waals surface area (Å²) < 4.78 is 13.8. The van der Waals surface area contributed by atoms with Crippen LogP contribution in [0.3, 0.4) is 0 Å². The first-order chi connectivity index (χ1) is 6.68. The molecule has 0 radical (unpaired) electrons. The van der Waals surface area contributed by atoms with E-state index in [1.165, 1.54) is 6.07 Å². The van der Waals surface area contributed by atoms with Crippen molar-refractivity contribution in [2.45, 2.75) is 18.9 Å². The summed E-state index contributed by atoms with van der Waals surface area (Å²) in [5.41, 5.74) is 0.648. The molecule has 0 aliphatic carbocycles. The van der Waals surface area contributed by atoms with Gasteiger partial charge in [-0.1, -0.05) is 15.9 Å². The smallest absolute Gasteiger partial charge is 0.166 e. The number of hydrogen-bond acceptors (Lipinski definition) is 2. The van der Waals surface area contributed by atoms with E-state index < -0.39 is 5.82 Å². The van der Waals surface area contributed by atoms with Gasteiger partial charge in [0.25, 0.3) is 0 Å². The molecule has 1 aliphatic heterocycles. The molecule has 0 amide bonds. The van der Waals surface area contributed by atoms with E-state index in [2.05, 4.69) is 21.2 Å². The lowest BCUT2D eigenvalue weighted by atomic mass is 10.0. The van der Waals surface area contributed by atoms with Crippen molar-refractivity contribution < 1.29 is 9.50 Å². The van der Waals surface area contributed by atoms with Crippen LogP contribution in [0.5, 0.6) is 5.75 Å². The van der Waals surface area contributed by atoms with Gasteiger partial charge in [-0.3, -0.25) is 0 Å². The highest BCUT2D eigenvalue weighted by Crippen LogP contribution is 2.34. The molecule has 2 nitrogen and oxygen atoms in total. The Morgan fingerprint density at radius 2 is 2.29 bits per heavy atom. The van der Waals surface area contributed by atoms with E-state index >= 15 is 0 Å². The van der Waals surface area contributed by atoms with Crippen molar-refractivity contribution in [2.24, 2.45) is 0 Å². The number of benzene rings is 1. The molecule has 14 heavy (non-hydrogen) atoms. The maximum Gasteiger partial charge on any atom is 0.166 e. The summed E-state index contributed by atoms with van der Waals surface area (Å²) in [6.07, 6.45) is 2.02. The number of aromatic hydroxyl groups is 1. The Morgan fingerprint density at radius 3 is 2.93 bits per heavy atom. The first-order valence-corrected chi connectivity index (χ1v) is 5.39. The Morgan fingerprint density at radius 1 is 1.50 bits per heavy atom. The van der Waals surface area contributed by atoms with Gasteiger partial charge in [-0.15, -0.1) is 0 Å². The number of phenols is 1. The minimum atomic E-state index is -0.567. The van der Waals surface area contributed by atoms with Gasteiger partial charge in [0.05, 0.1) is 0 Å². The van der Waals surface area contributed by atoms with Gasteiger partial charge in [0.2, 0.25) is 0 Å². The molecule has 1 aliphatic rings. The second-order valence-corrected chi connectivity index (χ2v) is 4.39. The summed E-state index contributed by atoms with van der Waals surface area (Å²) in [6, 6.07) is 3.12. The Balaban J connectivity index is 2.40. The lowest BCUT2D eigenvalue weighted by molar-refractivity contribution is 0.417. The molecule has 0 aromatic heterocycles. The molecule has 1 heterocycles. The number of halogens is 2. The summed E-state index contributed by atoms with van der Waals surface area (Å²) in [7, 11) is 0. The molecule has 1 atom stereocenters. The molecule has 1 aromatic carbocycles. The lowest BCUT2D eigenvalue weighted by Gasteiger charge is -2.13. The minimum Gasteiger partial charge on any atom is -0.505 e. The zero-order valence-electron chi connectivity index (χ0n) is 7.56. The van der Waals surface area contributed by atoms with Gasteiger partial charge >= 0.3 is 0 Å². The van der Waals surface area contributed by atoms with Crippen LogP contribution in [-0.2, 0) is 0 Å². The third-order valence-electron chi connectivity index (χ3n) is 2.49. The number of phenolic OH excluding ortho intramolecular Hbond substituents is 1. The average Bonchev–Trinajstić information content (AvgIpc) is 2.63. The average molecular weight is 260 g/mol. The molecular weight excluding hydrogens is 249 g/mol. The highest BCUT2D eigenvalue weighted by Gasteiger charge is 2.21. The summed E-state index contributed by atoms with van der Waals surface area (Å²) >= 11 is 3.22. The van der Waals surface area contributed by atoms with Gasteiger partial charge in [0.15, 0.2) is 11.6 Å². The first kappa shape index (κ1) is 9.93. The molecule has 1 fully saturated rings. The number of hydrogen-bond donors (Lipinski definition) is 2. The van der Waals surface area contributed by atoms with E-state index in [0.717, 1.165) is 19.4 Å². The molecule has 0 spiro atoms. The molecule has 2 rings (SSSR count). The van der Waals surface area contributed by atoms with E-state index in [4.69, 9.17) is 0 Å². The Bertz CT molecular complexity index is 350. The van der Waals surface area contributed by atoms with E-state index in [1.54, 1.807) is 6.07 Å². The van der Waals surface area contributed by atoms with E-state index in [-0.39, 0.29) is 11.8 Å². The minimum absolute atomic E-state index is 0.0852. The van der Waals surface area contributed by atoms with Crippen LogP contribution in [-0.4, -0.2) is 11.7 Å². The highest BCUT2D eigenvalue weighted by atomic mass is 79.9. The molecule has 4 heteroatoms. The second-order valence-electron chi connectivity index (χ2n) is 3.47. The summed E-state index contributed by atoms with van der Waals surface area (Å²) in [5, 5.41) is 12.8. The monoisotopic (exact) mass is 259 g/mol. The Kier molecular flexibility index (Phi) is 2.74. The predicted octanol–water partition coefficient (Wildman–Crippen LogP) is 2.72. The van der Waals surface area contributed by atoms with Gasteiger partial charge < -0.3 is 10.4 Å². The lowest BCUT2D eigenvalue weighted by Crippen LogP contribution is -2.13. The molecule has 2 N–H and O–H groups in total. The van der Waals surface area contributed by atoms with Crippen molar-refractivity contribution >= 4 is 15.9 Å². The third-order valence-corrected chi connectivity index (χ3v) is 2.95. The van der Waals surface area contributed by atoms with Crippen LogP contribution in [0, 0.1) is 5.82 Å². The topological polar surface area (TPSA) is 32.3 Å². The molecule has 1 saturated heterocycles. The van der Waals surface area contributed by atoms with Crippen molar-refractivity contribution in [1.82, 2.24) is 5.32 Å². The molecule has 0 unspecified atom stereocenters. The van der Waals surface area contributed by atoms with Gasteiger partial charge in [-0.2, -0.15) is 0 Å². The van der Waals surface area contributed by atoms with Crippen molar-refractivity contribution in [1.29, 1.82) is 0 Å². The van der Waals surface area contributed by atoms with Crippen LogP contribution in [0.2, 0.25) is 0 Å². The van der Waals surface area contributed by atoms with Crippen molar-refractivity contribution in [2.75, 3.05) is 6.54 Å². The fraction of sp³-hybridized carbons (Fsp3) is 0.400. The van der Waals surface area contributed by atoms with Crippen molar-refractivity contribution in [3.8, 4) is 5.75 Å². The first-order valence-electron chi connectivity index (χ1n) is 4.60. The SMILES string of the molecule is Oc1c(F)cc(Br)cc1[C@@H]1CCCN1. The van der Waals surface area contributed by atoms with Gasteiger partial charge in [-0.05, 0) is 31.5 Å². The van der Waals surface area contributed by atoms with Crippen molar-refractivity contribution in [3.63, 3.8) is 0 Å². The Labute approximate surface area is 90.3 Å². The maximum atomic E-state index is 13.2. The van der Waals surface area contributed by atoms with Gasteiger partial charge in [0.1, 0.15) is 0 Å². The number of rotatable bonds is 1. The van der Waals surface area contributed by atoms with E-state index in [0.29, 0.717) is 10.0 Å². The fourth-order valence-electron chi connectivity index (χ4n) is 1.80. The van der Waals surface area contributed by atoms with E-state index in [9.17, 15) is 9.50 Å². The molecular formula is C10H11BrFNO. The van der Waals surface area contributed by atoms with Crippen LogP contribution in [0.25, 0.3) is 0 Å². The normalized spacial score (nSPS) is 21.4. The molecule has 1 aromatic rings. The quantitative estimate of drug-likeness (QED) is 0.813. The predicted molar refractivity (Wildman–Crippen MR) is 55.7 cm³/mol. The summed E-state index contributed by atoms with van der Waals surface area (Å²) in [4.78, 5) is 0. The van der Waals surface area contributed by atoms with Gasteiger partial charge in [0, 0.05) is 16.1 Å². The van der Waals surface area contributed by atoms with Crippen LogP contribution in [0.4, 0.5) is 4.39 Å². The van der Waals surface area contributed by atoms with Crippen LogP contribution < -0.4 is 5.32 Å². The molecule has 0 saturated carbocycles. The van der Waals surface area contributed by atoms with Gasteiger partial charge in [-0.25, -0.2) is 4.39 Å². The largest absolute Gasteiger partial charge is 0.505 e. The van der Waals surface area contributed by atoms with E-state index in [1.807, 2.05) is 0 Å². The zero-order valence-corrected chi connectivity index (χ0v) is 9.14. The standard InChI is InChI=1S/C10H11BrFNO/c11-6-4-7(9-2-1-3-13-9)10(14)8(12)5-6/h4-5,9,13-14H,1-3H2/t9-/m0/s1. The van der Waals surface area contributed by atoms with Crippen LogP contribution >= 0.6 is 15.9 Å². The van der Waals surface area contributed by atoms with Crippen LogP contribution in [0.15, 0.2) is 16.6 Å². The van der Waals surface area contributed by atoms with Crippen molar-refractivity contribution in [3.05, 3.63) is 28.0 Å². The molecule has 76 valence electrons. The maximum absolute atomic E-state index is 13.2.